The highest BCUT2D eigenvalue weighted by Gasteiger charge is 2.21. The lowest BCUT2D eigenvalue weighted by Crippen LogP contribution is -2.27. The van der Waals surface area contributed by atoms with E-state index in [-0.39, 0.29) is 11.5 Å². The molecular formula is C21H21N3O4S. The van der Waals surface area contributed by atoms with Crippen LogP contribution < -0.4 is 14.4 Å². The first-order valence-corrected chi connectivity index (χ1v) is 10.6. The fraction of sp³-hybridized carbons (Fsp3) is 0.143. The molecule has 8 heteroatoms. The minimum absolute atomic E-state index is 0.121. The Morgan fingerprint density at radius 1 is 1.03 bits per heavy atom. The number of aromatic nitrogens is 1. The third-order valence-corrected chi connectivity index (χ3v) is 5.54. The molecular weight excluding hydrogens is 390 g/mol. The Labute approximate surface area is 170 Å². The maximum atomic E-state index is 12.9. The van der Waals surface area contributed by atoms with Crippen LogP contribution in [0.15, 0.2) is 66.9 Å². The van der Waals surface area contributed by atoms with Crippen LogP contribution in [0.4, 0.5) is 11.5 Å². The molecule has 150 valence electrons. The minimum atomic E-state index is -3.57. The molecule has 0 aliphatic carbocycles. The minimum Gasteiger partial charge on any atom is -0.496 e. The van der Waals surface area contributed by atoms with Gasteiger partial charge in [-0.3, -0.25) is 9.10 Å². The highest BCUT2D eigenvalue weighted by Crippen LogP contribution is 2.31. The van der Waals surface area contributed by atoms with Gasteiger partial charge in [-0.1, -0.05) is 42.5 Å². The number of ether oxygens (including phenoxy) is 1. The first-order chi connectivity index (χ1) is 13.8. The van der Waals surface area contributed by atoms with Gasteiger partial charge in [-0.15, -0.1) is 0 Å². The van der Waals surface area contributed by atoms with E-state index in [1.165, 1.54) is 14.2 Å². The normalized spacial score (nSPS) is 11.0. The third kappa shape index (κ3) is 4.55. The van der Waals surface area contributed by atoms with Gasteiger partial charge in [0, 0.05) is 18.8 Å². The van der Waals surface area contributed by atoms with Crippen LogP contribution in [0.3, 0.4) is 0 Å². The predicted octanol–water partition coefficient (Wildman–Crippen LogP) is 3.41. The lowest BCUT2D eigenvalue weighted by atomic mass is 10.1. The van der Waals surface area contributed by atoms with Gasteiger partial charge in [0.15, 0.2) is 5.82 Å². The molecule has 1 amide bonds. The van der Waals surface area contributed by atoms with E-state index < -0.39 is 15.9 Å². The number of carbonyl (C=O) groups is 1. The lowest BCUT2D eigenvalue weighted by Gasteiger charge is -2.20. The molecule has 0 fully saturated rings. The molecule has 0 aliphatic heterocycles. The van der Waals surface area contributed by atoms with Gasteiger partial charge >= 0.3 is 0 Å². The second-order valence-electron chi connectivity index (χ2n) is 6.35. The number of rotatable bonds is 6. The number of para-hydroxylation sites is 1. The molecule has 0 saturated carbocycles. The number of carbonyl (C=O) groups excluding carboxylic acids is 1. The van der Waals surface area contributed by atoms with Crippen LogP contribution in [0, 0.1) is 0 Å². The molecule has 2 aromatic carbocycles. The number of amides is 1. The van der Waals surface area contributed by atoms with Crippen LogP contribution in [-0.2, 0) is 10.0 Å². The Hall–Kier alpha value is -3.39. The first-order valence-electron chi connectivity index (χ1n) is 8.75. The summed E-state index contributed by atoms with van der Waals surface area (Å²) in [6.07, 6.45) is 2.65. The van der Waals surface area contributed by atoms with E-state index in [0.717, 1.165) is 21.7 Å². The Balaban J connectivity index is 2.07. The number of nitrogens with zero attached hydrogens (tertiary/aromatic N) is 2. The largest absolute Gasteiger partial charge is 0.496 e. The maximum Gasteiger partial charge on any atom is 0.259 e. The van der Waals surface area contributed by atoms with E-state index >= 15 is 0 Å². The molecule has 7 nitrogen and oxygen atoms in total. The van der Waals surface area contributed by atoms with Crippen molar-refractivity contribution in [2.75, 3.05) is 30.0 Å². The number of hydrogen-bond donors (Lipinski definition) is 1. The standard InChI is InChI=1S/C21H21N3O4S/c1-24(29(3,26)27)20-18(13-16(14-22-20)15-9-5-4-6-10-15)23-21(25)17-11-7-8-12-19(17)28-2/h4-14H,1-3H3,(H,23,25). The van der Waals surface area contributed by atoms with E-state index in [1.807, 2.05) is 30.3 Å². The Morgan fingerprint density at radius 2 is 1.69 bits per heavy atom. The van der Waals surface area contributed by atoms with Crippen molar-refractivity contribution in [3.8, 4) is 16.9 Å². The second-order valence-corrected chi connectivity index (χ2v) is 8.36. The number of sulfonamides is 1. The molecule has 0 unspecified atom stereocenters. The van der Waals surface area contributed by atoms with Crippen molar-refractivity contribution in [1.82, 2.24) is 4.98 Å². The lowest BCUT2D eigenvalue weighted by molar-refractivity contribution is 0.102. The summed E-state index contributed by atoms with van der Waals surface area (Å²) >= 11 is 0. The van der Waals surface area contributed by atoms with Crippen LogP contribution in [-0.4, -0.2) is 39.7 Å². The summed E-state index contributed by atoms with van der Waals surface area (Å²) in [5.41, 5.74) is 2.23. The van der Waals surface area contributed by atoms with Crippen LogP contribution in [0.25, 0.3) is 11.1 Å². The quantitative estimate of drug-likeness (QED) is 0.672. The smallest absolute Gasteiger partial charge is 0.259 e. The van der Waals surface area contributed by atoms with Gasteiger partial charge in [-0.2, -0.15) is 0 Å². The zero-order valence-electron chi connectivity index (χ0n) is 16.3. The molecule has 1 aromatic heterocycles. The fourth-order valence-corrected chi connectivity index (χ4v) is 3.23. The maximum absolute atomic E-state index is 12.9. The monoisotopic (exact) mass is 411 g/mol. The third-order valence-electron chi connectivity index (χ3n) is 4.37. The van der Waals surface area contributed by atoms with Crippen molar-refractivity contribution in [2.24, 2.45) is 0 Å². The van der Waals surface area contributed by atoms with Crippen molar-refractivity contribution in [1.29, 1.82) is 0 Å². The number of methoxy groups -OCH3 is 1. The molecule has 0 atom stereocenters. The SMILES string of the molecule is COc1ccccc1C(=O)Nc1cc(-c2ccccc2)cnc1N(C)S(C)(=O)=O. The number of hydrogen-bond acceptors (Lipinski definition) is 5. The van der Waals surface area contributed by atoms with E-state index in [4.69, 9.17) is 4.74 Å². The summed E-state index contributed by atoms with van der Waals surface area (Å²) in [5.74, 6) is 0.100. The Morgan fingerprint density at radius 3 is 2.34 bits per heavy atom. The summed E-state index contributed by atoms with van der Waals surface area (Å²) in [6, 6.07) is 18.0. The number of anilines is 2. The molecule has 1 N–H and O–H groups in total. The molecule has 29 heavy (non-hydrogen) atoms. The van der Waals surface area contributed by atoms with Crippen LogP contribution >= 0.6 is 0 Å². The predicted molar refractivity (Wildman–Crippen MR) is 114 cm³/mol. The molecule has 0 aliphatic rings. The van der Waals surface area contributed by atoms with Crippen LogP contribution in [0.1, 0.15) is 10.4 Å². The summed E-state index contributed by atoms with van der Waals surface area (Å²) in [7, 11) is -0.708. The van der Waals surface area contributed by atoms with Crippen LogP contribution in [0.2, 0.25) is 0 Å². The molecule has 3 rings (SSSR count). The zero-order chi connectivity index (χ0) is 21.0. The van der Waals surface area contributed by atoms with Crippen LogP contribution in [0.5, 0.6) is 5.75 Å². The average molecular weight is 411 g/mol. The Bertz CT molecular complexity index is 1130. The topological polar surface area (TPSA) is 88.6 Å². The van der Waals surface area contributed by atoms with Crippen molar-refractivity contribution in [3.63, 3.8) is 0 Å². The van der Waals surface area contributed by atoms with Gasteiger partial charge < -0.3 is 10.1 Å². The molecule has 1 heterocycles. The molecule has 0 spiro atoms. The van der Waals surface area contributed by atoms with Gasteiger partial charge in [-0.05, 0) is 23.8 Å². The number of benzene rings is 2. The molecule has 0 saturated heterocycles. The first kappa shape index (κ1) is 20.3. The second kappa shape index (κ2) is 8.32. The number of pyridine rings is 1. The van der Waals surface area contributed by atoms with E-state index in [9.17, 15) is 13.2 Å². The van der Waals surface area contributed by atoms with Crippen molar-refractivity contribution < 1.29 is 17.9 Å². The van der Waals surface area contributed by atoms with Gasteiger partial charge in [0.2, 0.25) is 10.0 Å². The van der Waals surface area contributed by atoms with Gasteiger partial charge in [0.05, 0.1) is 24.6 Å². The molecule has 0 radical (unpaired) electrons. The summed E-state index contributed by atoms with van der Waals surface area (Å²) < 4.78 is 30.4. The Kier molecular flexibility index (Phi) is 5.84. The fourth-order valence-electron chi connectivity index (χ4n) is 2.77. The number of nitrogens with one attached hydrogen (secondary N) is 1. The summed E-state index contributed by atoms with van der Waals surface area (Å²) in [5, 5.41) is 2.78. The van der Waals surface area contributed by atoms with Crippen molar-refractivity contribution in [2.45, 2.75) is 0 Å². The van der Waals surface area contributed by atoms with Crippen molar-refractivity contribution >= 4 is 27.4 Å². The van der Waals surface area contributed by atoms with Crippen molar-refractivity contribution in [3.05, 3.63) is 72.4 Å². The van der Waals surface area contributed by atoms with Gasteiger partial charge in [0.25, 0.3) is 5.91 Å². The average Bonchev–Trinajstić information content (AvgIpc) is 2.73. The molecule has 3 aromatic rings. The summed E-state index contributed by atoms with van der Waals surface area (Å²) in [4.78, 5) is 17.2. The molecule has 0 bridgehead atoms. The highest BCUT2D eigenvalue weighted by molar-refractivity contribution is 7.92. The summed E-state index contributed by atoms with van der Waals surface area (Å²) in [6.45, 7) is 0. The van der Waals surface area contributed by atoms with Gasteiger partial charge in [-0.25, -0.2) is 13.4 Å². The van der Waals surface area contributed by atoms with E-state index in [1.54, 1.807) is 36.5 Å². The van der Waals surface area contributed by atoms with E-state index in [2.05, 4.69) is 10.3 Å². The van der Waals surface area contributed by atoms with E-state index in [0.29, 0.717) is 11.3 Å². The van der Waals surface area contributed by atoms with Gasteiger partial charge in [0.1, 0.15) is 5.75 Å². The highest BCUT2D eigenvalue weighted by atomic mass is 32.2. The zero-order valence-corrected chi connectivity index (χ0v) is 17.1.